The van der Waals surface area contributed by atoms with Crippen LogP contribution in [0, 0.1) is 0 Å². The van der Waals surface area contributed by atoms with E-state index in [2.05, 4.69) is 15.2 Å². The zero-order valence-electron chi connectivity index (χ0n) is 7.77. The van der Waals surface area contributed by atoms with Crippen LogP contribution in [-0.2, 0) is 16.9 Å². The third-order valence-corrected chi connectivity index (χ3v) is 2.74. The molecule has 0 bridgehead atoms. The zero-order valence-corrected chi connectivity index (χ0v) is 8.58. The SMILES string of the molecule is [O-][S+](CCC=C(F)F)Cc1nccnn1. The molecule has 4 nitrogen and oxygen atoms in total. The highest BCUT2D eigenvalue weighted by atomic mass is 32.2. The lowest BCUT2D eigenvalue weighted by Gasteiger charge is -2.07. The minimum atomic E-state index is -1.75. The number of nitrogens with zero attached hydrogens (tertiary/aromatic N) is 3. The Morgan fingerprint density at radius 1 is 1.47 bits per heavy atom. The Morgan fingerprint density at radius 3 is 2.87 bits per heavy atom. The van der Waals surface area contributed by atoms with E-state index in [-0.39, 0.29) is 17.9 Å². The molecule has 0 radical (unpaired) electrons. The molecule has 0 amide bonds. The van der Waals surface area contributed by atoms with Gasteiger partial charge in [-0.2, -0.15) is 13.9 Å². The smallest absolute Gasteiger partial charge is 0.266 e. The van der Waals surface area contributed by atoms with Crippen LogP contribution in [-0.4, -0.2) is 25.5 Å². The third kappa shape index (κ3) is 5.38. The molecule has 0 aliphatic rings. The van der Waals surface area contributed by atoms with E-state index in [1.807, 2.05) is 0 Å². The quantitative estimate of drug-likeness (QED) is 0.719. The van der Waals surface area contributed by atoms with Gasteiger partial charge in [0.25, 0.3) is 6.08 Å². The molecule has 1 heterocycles. The molecule has 1 atom stereocenters. The molecule has 82 valence electrons. The number of rotatable bonds is 5. The molecule has 0 aliphatic carbocycles. The Hall–Kier alpha value is -1.08. The maximum absolute atomic E-state index is 11.6. The standard InChI is InChI=1S/C8H9F2N3OS/c9-7(10)2-1-5-15(14)6-8-11-3-4-12-13-8/h2-4H,1,5-6H2. The second-order valence-corrected chi connectivity index (χ2v) is 4.21. The summed E-state index contributed by atoms with van der Waals surface area (Å²) in [6.45, 7) is 0. The Balaban J connectivity index is 2.30. The summed E-state index contributed by atoms with van der Waals surface area (Å²) in [6.07, 6.45) is 1.95. The molecule has 0 N–H and O–H groups in total. The Kier molecular flexibility index (Phi) is 5.13. The fraction of sp³-hybridized carbons (Fsp3) is 0.375. The number of allylic oxidation sites excluding steroid dienone is 1. The topological polar surface area (TPSA) is 61.7 Å². The maximum Gasteiger partial charge on any atom is 0.266 e. The minimum Gasteiger partial charge on any atom is -0.616 e. The summed E-state index contributed by atoms with van der Waals surface area (Å²) in [7, 11) is 0. The first-order chi connectivity index (χ1) is 7.18. The van der Waals surface area contributed by atoms with Crippen molar-refractivity contribution in [2.24, 2.45) is 0 Å². The molecule has 1 aromatic heterocycles. The van der Waals surface area contributed by atoms with Crippen molar-refractivity contribution in [2.45, 2.75) is 12.2 Å². The summed E-state index contributed by atoms with van der Waals surface area (Å²) in [5.74, 6) is 0.686. The van der Waals surface area contributed by atoms with Crippen LogP contribution in [0.15, 0.2) is 24.6 Å². The van der Waals surface area contributed by atoms with E-state index in [1.54, 1.807) is 0 Å². The number of aromatic nitrogens is 3. The second-order valence-electron chi connectivity index (χ2n) is 2.63. The molecule has 7 heteroatoms. The predicted molar refractivity (Wildman–Crippen MR) is 51.5 cm³/mol. The van der Waals surface area contributed by atoms with Crippen molar-refractivity contribution < 1.29 is 13.3 Å². The monoisotopic (exact) mass is 233 g/mol. The molecule has 0 aromatic carbocycles. The van der Waals surface area contributed by atoms with E-state index in [0.717, 1.165) is 6.08 Å². The summed E-state index contributed by atoms with van der Waals surface area (Å²) >= 11 is -1.23. The van der Waals surface area contributed by atoms with Gasteiger partial charge in [-0.05, 0) is 17.3 Å². The van der Waals surface area contributed by atoms with Crippen LogP contribution in [0.25, 0.3) is 0 Å². The zero-order chi connectivity index (χ0) is 11.1. The molecular formula is C8H9F2N3OS. The van der Waals surface area contributed by atoms with Gasteiger partial charge in [-0.3, -0.25) is 0 Å². The average molecular weight is 233 g/mol. The minimum absolute atomic E-state index is 0.0925. The van der Waals surface area contributed by atoms with Crippen LogP contribution in [0.4, 0.5) is 8.78 Å². The molecule has 0 aliphatic heterocycles. The van der Waals surface area contributed by atoms with E-state index in [0.29, 0.717) is 5.82 Å². The Morgan fingerprint density at radius 2 is 2.27 bits per heavy atom. The molecular weight excluding hydrogens is 224 g/mol. The van der Waals surface area contributed by atoms with Crippen LogP contribution >= 0.6 is 0 Å². The first-order valence-electron chi connectivity index (χ1n) is 4.17. The molecule has 0 spiro atoms. The van der Waals surface area contributed by atoms with E-state index in [4.69, 9.17) is 0 Å². The number of hydrogen-bond donors (Lipinski definition) is 0. The van der Waals surface area contributed by atoms with Crippen LogP contribution < -0.4 is 0 Å². The van der Waals surface area contributed by atoms with Gasteiger partial charge < -0.3 is 4.55 Å². The van der Waals surface area contributed by atoms with Gasteiger partial charge in [-0.1, -0.05) is 0 Å². The van der Waals surface area contributed by atoms with Gasteiger partial charge in [0.15, 0.2) is 5.75 Å². The number of halogens is 2. The van der Waals surface area contributed by atoms with Gasteiger partial charge in [0.05, 0.1) is 6.20 Å². The highest BCUT2D eigenvalue weighted by Crippen LogP contribution is 2.05. The lowest BCUT2D eigenvalue weighted by atomic mass is 10.5. The molecule has 0 saturated heterocycles. The molecule has 15 heavy (non-hydrogen) atoms. The summed E-state index contributed by atoms with van der Waals surface area (Å²) in [4.78, 5) is 3.83. The lowest BCUT2D eigenvalue weighted by molar-refractivity contribution is 0.418. The van der Waals surface area contributed by atoms with Crippen LogP contribution in [0.2, 0.25) is 0 Å². The summed E-state index contributed by atoms with van der Waals surface area (Å²) in [5, 5.41) is 7.21. The van der Waals surface area contributed by atoms with Gasteiger partial charge >= 0.3 is 0 Å². The second kappa shape index (κ2) is 6.41. The molecule has 1 rings (SSSR count). The van der Waals surface area contributed by atoms with Gasteiger partial charge in [-0.25, -0.2) is 4.98 Å². The maximum atomic E-state index is 11.6. The average Bonchev–Trinajstić information content (AvgIpc) is 2.18. The number of hydrogen-bond acceptors (Lipinski definition) is 4. The highest BCUT2D eigenvalue weighted by molar-refractivity contribution is 7.90. The Bertz CT molecular complexity index is 319. The highest BCUT2D eigenvalue weighted by Gasteiger charge is 2.09. The van der Waals surface area contributed by atoms with Crippen molar-refractivity contribution in [1.82, 2.24) is 15.2 Å². The predicted octanol–water partition coefficient (Wildman–Crippen LogP) is 1.29. The van der Waals surface area contributed by atoms with E-state index in [9.17, 15) is 13.3 Å². The molecule has 1 unspecified atom stereocenters. The molecule has 0 fully saturated rings. The van der Waals surface area contributed by atoms with Crippen molar-refractivity contribution in [2.75, 3.05) is 5.75 Å². The summed E-state index contributed by atoms with van der Waals surface area (Å²) < 4.78 is 34.6. The van der Waals surface area contributed by atoms with E-state index in [1.165, 1.54) is 12.4 Å². The summed E-state index contributed by atoms with van der Waals surface area (Å²) in [6, 6.07) is 0. The van der Waals surface area contributed by atoms with Crippen molar-refractivity contribution in [3.8, 4) is 0 Å². The van der Waals surface area contributed by atoms with Crippen LogP contribution in [0.1, 0.15) is 12.2 Å². The van der Waals surface area contributed by atoms with Crippen molar-refractivity contribution >= 4 is 11.2 Å². The molecule has 1 aromatic rings. The van der Waals surface area contributed by atoms with Crippen molar-refractivity contribution in [3.63, 3.8) is 0 Å². The van der Waals surface area contributed by atoms with Gasteiger partial charge in [0, 0.05) is 12.6 Å². The van der Waals surface area contributed by atoms with E-state index >= 15 is 0 Å². The van der Waals surface area contributed by atoms with Gasteiger partial charge in [-0.15, -0.1) is 5.10 Å². The van der Waals surface area contributed by atoms with Crippen molar-refractivity contribution in [3.05, 3.63) is 30.4 Å². The fourth-order valence-electron chi connectivity index (χ4n) is 0.857. The van der Waals surface area contributed by atoms with Gasteiger partial charge in [0.2, 0.25) is 5.82 Å². The molecule has 0 saturated carbocycles. The van der Waals surface area contributed by atoms with Crippen molar-refractivity contribution in [1.29, 1.82) is 0 Å². The largest absolute Gasteiger partial charge is 0.616 e. The van der Waals surface area contributed by atoms with E-state index < -0.39 is 17.3 Å². The first-order valence-corrected chi connectivity index (χ1v) is 5.66. The fourth-order valence-corrected chi connectivity index (χ4v) is 1.80. The summed E-state index contributed by atoms with van der Waals surface area (Å²) in [5.41, 5.74) is 0. The Labute approximate surface area is 88.6 Å². The first kappa shape index (κ1) is 12.0. The third-order valence-electron chi connectivity index (χ3n) is 1.46. The lowest BCUT2D eigenvalue weighted by Crippen LogP contribution is -2.11. The van der Waals surface area contributed by atoms with Crippen LogP contribution in [0.3, 0.4) is 0 Å². The normalized spacial score (nSPS) is 12.2. The van der Waals surface area contributed by atoms with Crippen LogP contribution in [0.5, 0.6) is 0 Å². The van der Waals surface area contributed by atoms with Gasteiger partial charge in [0.1, 0.15) is 5.75 Å².